The molecular weight excluding hydrogens is 372 g/mol. The van der Waals surface area contributed by atoms with Crippen molar-refractivity contribution in [1.29, 1.82) is 0 Å². The maximum absolute atomic E-state index is 13.0. The van der Waals surface area contributed by atoms with E-state index in [1.54, 1.807) is 23.1 Å². The summed E-state index contributed by atoms with van der Waals surface area (Å²) >= 11 is 0. The van der Waals surface area contributed by atoms with Gasteiger partial charge in [-0.2, -0.15) is 0 Å². The Balaban J connectivity index is 1.54. The fourth-order valence-electron chi connectivity index (χ4n) is 4.77. The number of methoxy groups -OCH3 is 1. The number of ether oxygens (including phenoxy) is 1. The SMILES string of the molecule is COC(=O)C1CCCN(C(=O)c2ccc3c(c2)C(=O)N(C2CCCCC2)C3=O)C1. The number of fused-ring (bicyclic) bond motifs is 1. The smallest absolute Gasteiger partial charge is 0.310 e. The minimum atomic E-state index is -0.322. The zero-order valence-electron chi connectivity index (χ0n) is 16.7. The highest BCUT2D eigenvalue weighted by molar-refractivity contribution is 6.22. The molecule has 7 heteroatoms. The summed E-state index contributed by atoms with van der Waals surface area (Å²) in [6, 6.07) is 4.70. The Bertz CT molecular complexity index is 859. The number of nitrogens with zero attached hydrogens (tertiary/aromatic N) is 2. The minimum Gasteiger partial charge on any atom is -0.469 e. The van der Waals surface area contributed by atoms with E-state index in [-0.39, 0.29) is 35.7 Å². The van der Waals surface area contributed by atoms with E-state index >= 15 is 0 Å². The van der Waals surface area contributed by atoms with Crippen LogP contribution in [0.25, 0.3) is 0 Å². The molecule has 1 aromatic rings. The third-order valence-electron chi connectivity index (χ3n) is 6.35. The second-order valence-electron chi connectivity index (χ2n) is 8.15. The molecular formula is C22H26N2O5. The number of esters is 1. The average Bonchev–Trinajstić information content (AvgIpc) is 3.02. The monoisotopic (exact) mass is 398 g/mol. The largest absolute Gasteiger partial charge is 0.469 e. The number of hydrogen-bond acceptors (Lipinski definition) is 5. The molecule has 1 unspecified atom stereocenters. The molecule has 0 radical (unpaired) electrons. The molecule has 2 aliphatic heterocycles. The summed E-state index contributed by atoms with van der Waals surface area (Å²) in [6.45, 7) is 0.869. The van der Waals surface area contributed by atoms with Gasteiger partial charge in [0, 0.05) is 24.7 Å². The fourth-order valence-corrected chi connectivity index (χ4v) is 4.77. The van der Waals surface area contributed by atoms with Crippen LogP contribution in [0.15, 0.2) is 18.2 Å². The lowest BCUT2D eigenvalue weighted by molar-refractivity contribution is -0.146. The maximum atomic E-state index is 13.0. The van der Waals surface area contributed by atoms with Gasteiger partial charge in [0.2, 0.25) is 0 Å². The summed E-state index contributed by atoms with van der Waals surface area (Å²) in [5, 5.41) is 0. The number of carbonyl (C=O) groups excluding carboxylic acids is 4. The average molecular weight is 398 g/mol. The van der Waals surface area contributed by atoms with Crippen molar-refractivity contribution in [2.45, 2.75) is 51.0 Å². The van der Waals surface area contributed by atoms with E-state index in [1.165, 1.54) is 12.0 Å². The van der Waals surface area contributed by atoms with Crippen molar-refractivity contribution < 1.29 is 23.9 Å². The number of piperidine rings is 1. The van der Waals surface area contributed by atoms with Gasteiger partial charge in [-0.05, 0) is 43.9 Å². The lowest BCUT2D eigenvalue weighted by Gasteiger charge is -2.31. The molecule has 3 aliphatic rings. The topological polar surface area (TPSA) is 84.0 Å². The predicted molar refractivity (Wildman–Crippen MR) is 104 cm³/mol. The van der Waals surface area contributed by atoms with Crippen LogP contribution in [0.4, 0.5) is 0 Å². The molecule has 0 N–H and O–H groups in total. The van der Waals surface area contributed by atoms with Crippen LogP contribution in [-0.4, -0.2) is 59.7 Å². The first-order valence-corrected chi connectivity index (χ1v) is 10.4. The molecule has 2 heterocycles. The lowest BCUT2D eigenvalue weighted by Crippen LogP contribution is -2.42. The Kier molecular flexibility index (Phi) is 5.39. The Morgan fingerprint density at radius 2 is 1.69 bits per heavy atom. The van der Waals surface area contributed by atoms with Crippen molar-refractivity contribution in [2.75, 3.05) is 20.2 Å². The van der Waals surface area contributed by atoms with Gasteiger partial charge in [-0.25, -0.2) is 0 Å². The molecule has 0 bridgehead atoms. The summed E-state index contributed by atoms with van der Waals surface area (Å²) in [5.74, 6) is -1.40. The second-order valence-corrected chi connectivity index (χ2v) is 8.15. The summed E-state index contributed by atoms with van der Waals surface area (Å²) in [4.78, 5) is 53.6. The standard InChI is InChI=1S/C22H26N2O5/c1-29-22(28)15-6-5-11-23(13-15)19(25)14-9-10-17-18(12-14)21(27)24(20(17)26)16-7-3-2-4-8-16/h9-10,12,15-16H,2-8,11,13H2,1H3. The number of hydrogen-bond donors (Lipinski definition) is 0. The van der Waals surface area contributed by atoms with Crippen molar-refractivity contribution in [3.8, 4) is 0 Å². The molecule has 1 aliphatic carbocycles. The lowest BCUT2D eigenvalue weighted by atomic mass is 9.94. The highest BCUT2D eigenvalue weighted by Gasteiger charge is 2.41. The number of amides is 3. The number of benzene rings is 1. The molecule has 29 heavy (non-hydrogen) atoms. The molecule has 0 aromatic heterocycles. The number of likely N-dealkylation sites (tertiary alicyclic amines) is 1. The van der Waals surface area contributed by atoms with Crippen molar-refractivity contribution in [1.82, 2.24) is 9.80 Å². The molecule has 1 atom stereocenters. The molecule has 7 nitrogen and oxygen atoms in total. The number of rotatable bonds is 3. The summed E-state index contributed by atoms with van der Waals surface area (Å²) < 4.78 is 4.81. The highest BCUT2D eigenvalue weighted by atomic mass is 16.5. The van der Waals surface area contributed by atoms with Crippen molar-refractivity contribution in [2.24, 2.45) is 5.92 Å². The van der Waals surface area contributed by atoms with E-state index in [9.17, 15) is 19.2 Å². The molecule has 1 saturated heterocycles. The van der Waals surface area contributed by atoms with Gasteiger partial charge in [0.15, 0.2) is 0 Å². The molecule has 4 rings (SSSR count). The van der Waals surface area contributed by atoms with Crippen LogP contribution in [0.5, 0.6) is 0 Å². The van der Waals surface area contributed by atoms with E-state index in [0.717, 1.165) is 38.5 Å². The van der Waals surface area contributed by atoms with Crippen LogP contribution in [0.2, 0.25) is 0 Å². The Morgan fingerprint density at radius 1 is 0.966 bits per heavy atom. The minimum absolute atomic E-state index is 0.0433. The van der Waals surface area contributed by atoms with Crippen LogP contribution < -0.4 is 0 Å². The maximum Gasteiger partial charge on any atom is 0.310 e. The van der Waals surface area contributed by atoms with E-state index in [4.69, 9.17) is 4.74 Å². The third-order valence-corrected chi connectivity index (χ3v) is 6.35. The van der Waals surface area contributed by atoms with Crippen LogP contribution >= 0.6 is 0 Å². The summed E-state index contributed by atoms with van der Waals surface area (Å²) in [5.41, 5.74) is 1.07. The molecule has 0 spiro atoms. The van der Waals surface area contributed by atoms with Gasteiger partial charge in [0.25, 0.3) is 17.7 Å². The van der Waals surface area contributed by atoms with Crippen LogP contribution in [0.3, 0.4) is 0 Å². The van der Waals surface area contributed by atoms with E-state index in [1.807, 2.05) is 0 Å². The Hall–Kier alpha value is -2.70. The van der Waals surface area contributed by atoms with Crippen LogP contribution in [0, 0.1) is 5.92 Å². The van der Waals surface area contributed by atoms with Crippen LogP contribution in [0.1, 0.15) is 76.0 Å². The summed E-state index contributed by atoms with van der Waals surface area (Å²) in [6.07, 6.45) is 6.31. The first-order chi connectivity index (χ1) is 14.0. The number of imide groups is 1. The molecule has 3 amide bonds. The molecule has 1 saturated carbocycles. The van der Waals surface area contributed by atoms with Crippen molar-refractivity contribution >= 4 is 23.7 Å². The van der Waals surface area contributed by atoms with Gasteiger partial charge in [0.05, 0.1) is 24.2 Å². The van der Waals surface area contributed by atoms with E-state index in [0.29, 0.717) is 36.2 Å². The van der Waals surface area contributed by atoms with Crippen molar-refractivity contribution in [3.05, 3.63) is 34.9 Å². The van der Waals surface area contributed by atoms with Gasteiger partial charge in [0.1, 0.15) is 0 Å². The van der Waals surface area contributed by atoms with Crippen molar-refractivity contribution in [3.63, 3.8) is 0 Å². The first-order valence-electron chi connectivity index (χ1n) is 10.4. The quantitative estimate of drug-likeness (QED) is 0.577. The van der Waals surface area contributed by atoms with Gasteiger partial charge in [-0.15, -0.1) is 0 Å². The zero-order valence-corrected chi connectivity index (χ0v) is 16.7. The van der Waals surface area contributed by atoms with Gasteiger partial charge in [-0.1, -0.05) is 19.3 Å². The number of carbonyl (C=O) groups is 4. The molecule has 2 fully saturated rings. The molecule has 154 valence electrons. The van der Waals surface area contributed by atoms with Crippen LogP contribution in [-0.2, 0) is 9.53 Å². The Labute approximate surface area is 170 Å². The normalized spacial score (nSPS) is 22.6. The zero-order chi connectivity index (χ0) is 20.5. The highest BCUT2D eigenvalue weighted by Crippen LogP contribution is 2.32. The van der Waals surface area contributed by atoms with Gasteiger partial charge in [-0.3, -0.25) is 24.1 Å². The second kappa shape index (κ2) is 7.97. The Morgan fingerprint density at radius 3 is 2.41 bits per heavy atom. The van der Waals surface area contributed by atoms with Gasteiger partial charge < -0.3 is 9.64 Å². The van der Waals surface area contributed by atoms with E-state index < -0.39 is 0 Å². The first kappa shape index (κ1) is 19.6. The third kappa shape index (κ3) is 3.54. The predicted octanol–water partition coefficient (Wildman–Crippen LogP) is 2.64. The molecule has 1 aromatic carbocycles. The fraction of sp³-hybridized carbons (Fsp3) is 0.545. The summed E-state index contributed by atoms with van der Waals surface area (Å²) in [7, 11) is 1.35. The van der Waals surface area contributed by atoms with E-state index in [2.05, 4.69) is 0 Å². The van der Waals surface area contributed by atoms with Gasteiger partial charge >= 0.3 is 5.97 Å².